The molecule has 1 aliphatic carbocycles. The number of hydrogen-bond acceptors (Lipinski definition) is 3. The van der Waals surface area contributed by atoms with Crippen molar-refractivity contribution in [3.8, 4) is 0 Å². The van der Waals surface area contributed by atoms with Crippen LogP contribution in [0.1, 0.15) is 31.4 Å². The van der Waals surface area contributed by atoms with Crippen molar-refractivity contribution in [2.75, 3.05) is 19.6 Å². The highest BCUT2D eigenvalue weighted by Crippen LogP contribution is 2.30. The van der Waals surface area contributed by atoms with Gasteiger partial charge in [-0.1, -0.05) is 6.07 Å². The van der Waals surface area contributed by atoms with Crippen LogP contribution in [0.5, 0.6) is 0 Å². The average molecular weight is 330 g/mol. The van der Waals surface area contributed by atoms with Crippen molar-refractivity contribution in [1.82, 2.24) is 19.6 Å². The molecule has 6 heteroatoms. The normalized spacial score (nSPS) is 21.0. The molecule has 1 saturated heterocycles. The molecule has 2 aliphatic rings. The molecule has 0 spiro atoms. The van der Waals surface area contributed by atoms with Gasteiger partial charge < -0.3 is 9.72 Å². The minimum absolute atomic E-state index is 0.0270. The van der Waals surface area contributed by atoms with Crippen molar-refractivity contribution < 1.29 is 9.18 Å². The Hall–Kier alpha value is -1.95. The Labute approximate surface area is 140 Å². The van der Waals surface area contributed by atoms with Crippen molar-refractivity contribution >= 4 is 11.6 Å². The summed E-state index contributed by atoms with van der Waals surface area (Å²) in [6, 6.07) is 5.93. The second-order valence-corrected chi connectivity index (χ2v) is 7.12. The van der Waals surface area contributed by atoms with Gasteiger partial charge in [0.25, 0.3) is 0 Å². The minimum Gasteiger partial charge on any atom is -0.353 e. The molecule has 0 aromatic carbocycles. The molecule has 5 nitrogen and oxygen atoms in total. The molecule has 0 bridgehead atoms. The molecule has 24 heavy (non-hydrogen) atoms. The van der Waals surface area contributed by atoms with Crippen molar-refractivity contribution in [3.63, 3.8) is 0 Å². The van der Waals surface area contributed by atoms with Gasteiger partial charge in [0.05, 0.1) is 12.2 Å². The van der Waals surface area contributed by atoms with Crippen LogP contribution >= 0.6 is 0 Å². The van der Waals surface area contributed by atoms with Gasteiger partial charge in [-0.25, -0.2) is 9.37 Å². The number of alkyl halides is 1. The number of imidazole rings is 1. The highest BCUT2D eigenvalue weighted by molar-refractivity contribution is 5.80. The maximum absolute atomic E-state index is 14.8. The molecule has 2 aromatic rings. The van der Waals surface area contributed by atoms with Crippen LogP contribution in [0.25, 0.3) is 5.65 Å². The Bertz CT molecular complexity index is 698. The van der Waals surface area contributed by atoms with Crippen molar-refractivity contribution in [3.05, 3.63) is 36.3 Å². The van der Waals surface area contributed by atoms with Crippen LogP contribution in [0.2, 0.25) is 0 Å². The van der Waals surface area contributed by atoms with E-state index in [1.165, 1.54) is 0 Å². The van der Waals surface area contributed by atoms with Gasteiger partial charge in [0.2, 0.25) is 5.91 Å². The summed E-state index contributed by atoms with van der Waals surface area (Å²) in [6.45, 7) is 2.30. The van der Waals surface area contributed by atoms with E-state index in [0.717, 1.165) is 30.7 Å². The number of rotatable bonds is 5. The van der Waals surface area contributed by atoms with E-state index >= 15 is 0 Å². The number of hydrogen-bond donors (Lipinski definition) is 1. The summed E-state index contributed by atoms with van der Waals surface area (Å²) in [6.07, 6.45) is 6.85. The second-order valence-electron chi connectivity index (χ2n) is 7.12. The van der Waals surface area contributed by atoms with E-state index in [2.05, 4.69) is 15.2 Å². The predicted octanol–water partition coefficient (Wildman–Crippen LogP) is 2.16. The molecule has 0 unspecified atom stereocenters. The molecule has 1 amide bonds. The maximum Gasteiger partial charge on any atom is 0.223 e. The summed E-state index contributed by atoms with van der Waals surface area (Å²) >= 11 is 0. The van der Waals surface area contributed by atoms with E-state index in [0.29, 0.717) is 25.9 Å². The average Bonchev–Trinajstić information content (AvgIpc) is 3.35. The molecule has 2 fully saturated rings. The molecule has 3 heterocycles. The van der Waals surface area contributed by atoms with E-state index < -0.39 is 5.67 Å². The van der Waals surface area contributed by atoms with Gasteiger partial charge in [-0.2, -0.15) is 0 Å². The lowest BCUT2D eigenvalue weighted by Gasteiger charge is -2.36. The molecular formula is C18H23FN4O. The Kier molecular flexibility index (Phi) is 4.00. The Morgan fingerprint density at radius 1 is 1.33 bits per heavy atom. The van der Waals surface area contributed by atoms with Gasteiger partial charge in [0.15, 0.2) is 0 Å². The first-order valence-corrected chi connectivity index (χ1v) is 8.73. The van der Waals surface area contributed by atoms with Crippen LogP contribution in [-0.4, -0.2) is 45.5 Å². The summed E-state index contributed by atoms with van der Waals surface area (Å²) < 4.78 is 16.8. The SMILES string of the molecule is O=C(NCC1(F)CCN(Cc2cn3ccccc3n2)CC1)C1CC1. The predicted molar refractivity (Wildman–Crippen MR) is 89.3 cm³/mol. The number of nitrogens with zero attached hydrogens (tertiary/aromatic N) is 3. The van der Waals surface area contributed by atoms with Gasteiger partial charge in [-0.05, 0) is 37.8 Å². The first-order valence-electron chi connectivity index (χ1n) is 8.73. The summed E-state index contributed by atoms with van der Waals surface area (Å²) in [5.74, 6) is 0.169. The van der Waals surface area contributed by atoms with Gasteiger partial charge in [-0.15, -0.1) is 0 Å². The fraction of sp³-hybridized carbons (Fsp3) is 0.556. The maximum atomic E-state index is 14.8. The van der Waals surface area contributed by atoms with Crippen LogP contribution in [0.15, 0.2) is 30.6 Å². The van der Waals surface area contributed by atoms with E-state index in [1.54, 1.807) is 0 Å². The first-order chi connectivity index (χ1) is 11.6. The molecule has 1 aliphatic heterocycles. The van der Waals surface area contributed by atoms with Gasteiger partial charge in [0.1, 0.15) is 11.3 Å². The molecule has 128 valence electrons. The smallest absolute Gasteiger partial charge is 0.223 e. The van der Waals surface area contributed by atoms with Crippen molar-refractivity contribution in [2.45, 2.75) is 37.9 Å². The number of likely N-dealkylation sites (tertiary alicyclic amines) is 1. The zero-order chi connectivity index (χ0) is 16.6. The van der Waals surface area contributed by atoms with E-state index in [4.69, 9.17) is 0 Å². The summed E-state index contributed by atoms with van der Waals surface area (Å²) in [5, 5.41) is 2.79. The molecule has 1 N–H and O–H groups in total. The third kappa shape index (κ3) is 3.43. The number of carbonyl (C=O) groups is 1. The number of piperidine rings is 1. The molecule has 1 saturated carbocycles. The van der Waals surface area contributed by atoms with Crippen LogP contribution in [0.4, 0.5) is 4.39 Å². The molecule has 0 atom stereocenters. The largest absolute Gasteiger partial charge is 0.353 e. The third-order valence-corrected chi connectivity index (χ3v) is 5.08. The van der Waals surface area contributed by atoms with Crippen LogP contribution in [0.3, 0.4) is 0 Å². The van der Waals surface area contributed by atoms with E-state index in [9.17, 15) is 9.18 Å². The number of aromatic nitrogens is 2. The summed E-state index contributed by atoms with van der Waals surface area (Å²) in [4.78, 5) is 18.5. The Morgan fingerprint density at radius 2 is 2.12 bits per heavy atom. The first kappa shape index (κ1) is 15.6. The van der Waals surface area contributed by atoms with Crippen molar-refractivity contribution in [1.29, 1.82) is 0 Å². The van der Waals surface area contributed by atoms with Gasteiger partial charge >= 0.3 is 0 Å². The highest BCUT2D eigenvalue weighted by Gasteiger charge is 2.37. The van der Waals surface area contributed by atoms with Crippen LogP contribution in [-0.2, 0) is 11.3 Å². The van der Waals surface area contributed by atoms with Gasteiger partial charge in [0, 0.05) is 37.9 Å². The number of fused-ring (bicyclic) bond motifs is 1. The Balaban J connectivity index is 1.29. The fourth-order valence-corrected chi connectivity index (χ4v) is 3.32. The zero-order valence-corrected chi connectivity index (χ0v) is 13.7. The topological polar surface area (TPSA) is 49.6 Å². The van der Waals surface area contributed by atoms with E-state index in [-0.39, 0.29) is 18.4 Å². The quantitative estimate of drug-likeness (QED) is 0.914. The van der Waals surface area contributed by atoms with Crippen molar-refractivity contribution in [2.24, 2.45) is 5.92 Å². The molecule has 2 aromatic heterocycles. The number of halogens is 1. The standard InChI is InChI=1S/C18H23FN4O/c19-18(13-20-17(24)14-4-5-14)6-9-22(10-7-18)11-15-12-23-8-2-1-3-16(23)21-15/h1-3,8,12,14H,4-7,9-11,13H2,(H,20,24). The summed E-state index contributed by atoms with van der Waals surface area (Å²) in [5.41, 5.74) is 0.682. The lowest BCUT2D eigenvalue weighted by molar-refractivity contribution is -0.123. The Morgan fingerprint density at radius 3 is 2.83 bits per heavy atom. The minimum atomic E-state index is -1.26. The number of nitrogens with one attached hydrogen (secondary N) is 1. The zero-order valence-electron chi connectivity index (χ0n) is 13.7. The molecular weight excluding hydrogens is 307 g/mol. The fourth-order valence-electron chi connectivity index (χ4n) is 3.32. The molecule has 4 rings (SSSR count). The van der Waals surface area contributed by atoms with Crippen LogP contribution < -0.4 is 5.32 Å². The van der Waals surface area contributed by atoms with E-state index in [1.807, 2.05) is 35.0 Å². The lowest BCUT2D eigenvalue weighted by atomic mass is 9.93. The second kappa shape index (κ2) is 6.16. The lowest BCUT2D eigenvalue weighted by Crippen LogP contribution is -2.48. The number of carbonyl (C=O) groups excluding carboxylic acids is 1. The van der Waals surface area contributed by atoms with Crippen LogP contribution in [0, 0.1) is 5.92 Å². The number of amides is 1. The van der Waals surface area contributed by atoms with Gasteiger partial charge in [-0.3, -0.25) is 9.69 Å². The number of pyridine rings is 1. The molecule has 0 radical (unpaired) electrons. The third-order valence-electron chi connectivity index (χ3n) is 5.08. The summed E-state index contributed by atoms with van der Waals surface area (Å²) in [7, 11) is 0. The highest BCUT2D eigenvalue weighted by atomic mass is 19.1. The monoisotopic (exact) mass is 330 g/mol.